The molecule has 7 nitrogen and oxygen atoms in total. The Bertz CT molecular complexity index is 642. The van der Waals surface area contributed by atoms with E-state index >= 15 is 0 Å². The second kappa shape index (κ2) is 7.63. The van der Waals surface area contributed by atoms with Gasteiger partial charge in [-0.15, -0.1) is 5.10 Å². The Labute approximate surface area is 128 Å². The summed E-state index contributed by atoms with van der Waals surface area (Å²) in [4.78, 5) is 23.6. The minimum atomic E-state index is -0.680. The van der Waals surface area contributed by atoms with Crippen LogP contribution in [-0.4, -0.2) is 21.7 Å². The van der Waals surface area contributed by atoms with Gasteiger partial charge in [0, 0.05) is 6.04 Å². The van der Waals surface area contributed by atoms with Crippen LogP contribution >= 0.6 is 0 Å². The lowest BCUT2D eigenvalue weighted by molar-refractivity contribution is -0.122. The lowest BCUT2D eigenvalue weighted by atomic mass is 10.1. The Hall–Kier alpha value is -2.31. The van der Waals surface area contributed by atoms with Crippen molar-refractivity contribution >= 4 is 5.91 Å². The third-order valence-corrected chi connectivity index (χ3v) is 3.28. The summed E-state index contributed by atoms with van der Waals surface area (Å²) in [5, 5.41) is 6.81. The van der Waals surface area contributed by atoms with Crippen molar-refractivity contribution < 1.29 is 13.6 Å². The van der Waals surface area contributed by atoms with Crippen molar-refractivity contribution in [3.05, 3.63) is 28.9 Å². The number of amides is 1. The van der Waals surface area contributed by atoms with Crippen LogP contribution in [0.4, 0.5) is 0 Å². The van der Waals surface area contributed by atoms with Gasteiger partial charge in [0.1, 0.15) is 6.54 Å². The average Bonchev–Trinajstić information content (AvgIpc) is 3.09. The van der Waals surface area contributed by atoms with E-state index in [1.807, 2.05) is 6.92 Å². The minimum absolute atomic E-state index is 0.0683. The van der Waals surface area contributed by atoms with Crippen LogP contribution in [0.3, 0.4) is 0 Å². The highest BCUT2D eigenvalue weighted by Gasteiger charge is 2.15. The van der Waals surface area contributed by atoms with Crippen molar-refractivity contribution in [3.8, 4) is 11.7 Å². The topological polar surface area (TPSA) is 90.3 Å². The van der Waals surface area contributed by atoms with Gasteiger partial charge in [0.05, 0.1) is 6.26 Å². The van der Waals surface area contributed by atoms with E-state index < -0.39 is 5.76 Å². The van der Waals surface area contributed by atoms with Crippen molar-refractivity contribution in [2.75, 3.05) is 0 Å². The summed E-state index contributed by atoms with van der Waals surface area (Å²) in [7, 11) is 0. The summed E-state index contributed by atoms with van der Waals surface area (Å²) >= 11 is 0. The molecule has 7 heteroatoms. The molecule has 0 aliphatic rings. The minimum Gasteiger partial charge on any atom is -0.459 e. The molecule has 1 unspecified atom stereocenters. The zero-order chi connectivity index (χ0) is 15.9. The van der Waals surface area contributed by atoms with Crippen molar-refractivity contribution in [1.29, 1.82) is 0 Å². The Morgan fingerprint density at radius 3 is 2.95 bits per heavy atom. The Balaban J connectivity index is 1.90. The lowest BCUT2D eigenvalue weighted by Gasteiger charge is -2.13. The smallest absolute Gasteiger partial charge is 0.437 e. The number of hydrogen-bond acceptors (Lipinski definition) is 5. The van der Waals surface area contributed by atoms with Crippen molar-refractivity contribution in [3.63, 3.8) is 0 Å². The van der Waals surface area contributed by atoms with Gasteiger partial charge in [0.15, 0.2) is 5.76 Å². The summed E-state index contributed by atoms with van der Waals surface area (Å²) in [6, 6.07) is 3.37. The van der Waals surface area contributed by atoms with Crippen LogP contribution in [0.2, 0.25) is 0 Å². The van der Waals surface area contributed by atoms with Gasteiger partial charge >= 0.3 is 5.76 Å². The standard InChI is InChI=1S/C15H21N3O4/c1-3-4-5-7-11(2)16-13(19)10-18-15(20)22-14(17-18)12-8-6-9-21-12/h6,8-9,11H,3-5,7,10H2,1-2H3,(H,16,19). The Morgan fingerprint density at radius 1 is 1.45 bits per heavy atom. The molecule has 120 valence electrons. The summed E-state index contributed by atoms with van der Waals surface area (Å²) in [5.41, 5.74) is 0. The van der Waals surface area contributed by atoms with Gasteiger partial charge in [-0.25, -0.2) is 4.79 Å². The maximum Gasteiger partial charge on any atom is 0.437 e. The Morgan fingerprint density at radius 2 is 2.27 bits per heavy atom. The highest BCUT2D eigenvalue weighted by molar-refractivity contribution is 5.75. The quantitative estimate of drug-likeness (QED) is 0.755. The van der Waals surface area contributed by atoms with Gasteiger partial charge in [0.2, 0.25) is 5.91 Å². The number of carbonyl (C=O) groups excluding carboxylic acids is 1. The van der Waals surface area contributed by atoms with Crippen molar-refractivity contribution in [2.45, 2.75) is 52.1 Å². The second-order valence-corrected chi connectivity index (χ2v) is 5.27. The molecule has 1 amide bonds. The molecule has 2 aromatic heterocycles. The van der Waals surface area contributed by atoms with E-state index in [0.29, 0.717) is 5.76 Å². The molecule has 0 radical (unpaired) electrons. The first-order chi connectivity index (χ1) is 10.6. The van der Waals surface area contributed by atoms with Crippen molar-refractivity contribution in [1.82, 2.24) is 15.1 Å². The van der Waals surface area contributed by atoms with Crippen molar-refractivity contribution in [2.24, 2.45) is 0 Å². The fourth-order valence-corrected chi connectivity index (χ4v) is 2.14. The van der Waals surface area contributed by atoms with E-state index in [9.17, 15) is 9.59 Å². The SMILES string of the molecule is CCCCCC(C)NC(=O)Cn1nc(-c2ccco2)oc1=O. The number of unbranched alkanes of at least 4 members (excludes halogenated alkanes) is 2. The van der Waals surface area contributed by atoms with Crippen LogP contribution in [0.5, 0.6) is 0 Å². The van der Waals surface area contributed by atoms with Gasteiger partial charge < -0.3 is 14.2 Å². The largest absolute Gasteiger partial charge is 0.459 e. The van der Waals surface area contributed by atoms with E-state index in [2.05, 4.69) is 17.3 Å². The number of carbonyl (C=O) groups is 1. The zero-order valence-corrected chi connectivity index (χ0v) is 12.9. The summed E-state index contributed by atoms with van der Waals surface area (Å²) in [5.74, 6) is -0.520. The van der Waals surface area contributed by atoms with Crippen LogP contribution in [0.15, 0.2) is 32.0 Å². The number of aromatic nitrogens is 2. The van der Waals surface area contributed by atoms with Gasteiger partial charge in [0.25, 0.3) is 5.89 Å². The number of rotatable bonds is 8. The normalized spacial score (nSPS) is 12.3. The van der Waals surface area contributed by atoms with E-state index in [1.165, 1.54) is 6.26 Å². The summed E-state index contributed by atoms with van der Waals surface area (Å²) in [6.45, 7) is 3.92. The molecule has 1 atom stereocenters. The molecule has 0 bridgehead atoms. The molecule has 0 aromatic carbocycles. The summed E-state index contributed by atoms with van der Waals surface area (Å²) in [6.07, 6.45) is 5.74. The predicted molar refractivity (Wildman–Crippen MR) is 80.2 cm³/mol. The van der Waals surface area contributed by atoms with E-state index in [1.54, 1.807) is 12.1 Å². The molecule has 0 fully saturated rings. The molecular weight excluding hydrogens is 286 g/mol. The molecular formula is C15H21N3O4. The molecule has 0 aliphatic heterocycles. The van der Waals surface area contributed by atoms with Gasteiger partial charge in [-0.2, -0.15) is 4.68 Å². The number of nitrogens with zero attached hydrogens (tertiary/aromatic N) is 2. The molecule has 22 heavy (non-hydrogen) atoms. The molecule has 0 saturated carbocycles. The van der Waals surface area contributed by atoms with E-state index in [0.717, 1.165) is 30.4 Å². The molecule has 0 saturated heterocycles. The van der Waals surface area contributed by atoms with Crippen LogP contribution < -0.4 is 11.1 Å². The fraction of sp³-hybridized carbons (Fsp3) is 0.533. The fourth-order valence-electron chi connectivity index (χ4n) is 2.14. The van der Waals surface area contributed by atoms with Gasteiger partial charge in [-0.3, -0.25) is 4.79 Å². The third kappa shape index (κ3) is 4.34. The number of nitrogens with one attached hydrogen (secondary N) is 1. The molecule has 2 rings (SSSR count). The zero-order valence-electron chi connectivity index (χ0n) is 12.9. The first-order valence-corrected chi connectivity index (χ1v) is 7.51. The van der Waals surface area contributed by atoms with E-state index in [-0.39, 0.29) is 24.4 Å². The second-order valence-electron chi connectivity index (χ2n) is 5.27. The van der Waals surface area contributed by atoms with Gasteiger partial charge in [-0.1, -0.05) is 26.2 Å². The van der Waals surface area contributed by atoms with Crippen LogP contribution in [0, 0.1) is 0 Å². The number of hydrogen-bond donors (Lipinski definition) is 1. The highest BCUT2D eigenvalue weighted by atomic mass is 16.4. The average molecular weight is 307 g/mol. The van der Waals surface area contributed by atoms with Gasteiger partial charge in [-0.05, 0) is 25.5 Å². The van der Waals surface area contributed by atoms with E-state index in [4.69, 9.17) is 8.83 Å². The maximum atomic E-state index is 11.9. The van der Waals surface area contributed by atoms with Crippen LogP contribution in [-0.2, 0) is 11.3 Å². The molecule has 2 heterocycles. The lowest BCUT2D eigenvalue weighted by Crippen LogP contribution is -2.37. The highest BCUT2D eigenvalue weighted by Crippen LogP contribution is 2.14. The first-order valence-electron chi connectivity index (χ1n) is 7.51. The monoisotopic (exact) mass is 307 g/mol. The molecule has 1 N–H and O–H groups in total. The Kier molecular flexibility index (Phi) is 5.57. The summed E-state index contributed by atoms with van der Waals surface area (Å²) < 4.78 is 11.1. The third-order valence-electron chi connectivity index (χ3n) is 3.28. The predicted octanol–water partition coefficient (Wildman–Crippen LogP) is 2.18. The number of furan rings is 1. The van der Waals surface area contributed by atoms with Crippen LogP contribution in [0.1, 0.15) is 39.5 Å². The molecule has 0 aliphatic carbocycles. The molecule has 0 spiro atoms. The first kappa shape index (κ1) is 16.1. The maximum absolute atomic E-state index is 11.9. The van der Waals surface area contributed by atoms with Crippen LogP contribution in [0.25, 0.3) is 11.7 Å². The molecule has 2 aromatic rings.